The minimum Gasteiger partial charge on any atom is -0.393 e. The Morgan fingerprint density at radius 1 is 0.974 bits per heavy atom. The van der Waals surface area contributed by atoms with Gasteiger partial charge in [0.05, 0.1) is 12.7 Å². The van der Waals surface area contributed by atoms with Crippen molar-refractivity contribution in [2.45, 2.75) is 104 Å². The number of rotatable bonds is 13. The maximum Gasteiger partial charge on any atom is 0.397 e. The zero-order valence-electron chi connectivity index (χ0n) is 24.0. The zero-order chi connectivity index (χ0) is 27.6. The van der Waals surface area contributed by atoms with Crippen LogP contribution in [0.4, 0.5) is 0 Å². The molecule has 0 aromatic rings. The van der Waals surface area contributed by atoms with Gasteiger partial charge in [0, 0.05) is 6.04 Å². The van der Waals surface area contributed by atoms with Crippen molar-refractivity contribution in [2.75, 3.05) is 32.8 Å². The van der Waals surface area contributed by atoms with E-state index in [0.29, 0.717) is 41.0 Å². The van der Waals surface area contributed by atoms with Crippen LogP contribution in [0.3, 0.4) is 0 Å². The van der Waals surface area contributed by atoms with Gasteiger partial charge in [0.25, 0.3) is 0 Å². The van der Waals surface area contributed by atoms with Crippen LogP contribution in [0.5, 0.6) is 0 Å². The molecule has 4 aliphatic carbocycles. The summed E-state index contributed by atoms with van der Waals surface area (Å²) >= 11 is 0. The summed E-state index contributed by atoms with van der Waals surface area (Å²) in [5.74, 6) is 2.35. The summed E-state index contributed by atoms with van der Waals surface area (Å²) in [6.07, 6.45) is 12.1. The highest BCUT2D eigenvalue weighted by Gasteiger charge is 2.62. The van der Waals surface area contributed by atoms with E-state index in [9.17, 15) is 13.5 Å². The molecule has 0 saturated heterocycles. The number of hydrogen-bond acceptors (Lipinski definition) is 7. The first-order chi connectivity index (χ1) is 18.0. The molecule has 0 heterocycles. The molecule has 38 heavy (non-hydrogen) atoms. The van der Waals surface area contributed by atoms with E-state index < -0.39 is 10.4 Å². The molecule has 4 aliphatic rings. The molecule has 9 heteroatoms. The second kappa shape index (κ2) is 12.7. The summed E-state index contributed by atoms with van der Waals surface area (Å²) in [4.78, 5) is 0. The third-order valence-corrected chi connectivity index (χ3v) is 12.1. The molecule has 4 saturated carbocycles. The van der Waals surface area contributed by atoms with Crippen molar-refractivity contribution in [2.24, 2.45) is 52.1 Å². The van der Waals surface area contributed by atoms with Crippen molar-refractivity contribution in [3.63, 3.8) is 0 Å². The lowest BCUT2D eigenvalue weighted by atomic mass is 9.43. The molecule has 0 aromatic heterocycles. The molecule has 8 nitrogen and oxygen atoms in total. The van der Waals surface area contributed by atoms with E-state index in [1.54, 1.807) is 0 Å². The standard InChI is InChI=1S/C29H55N3O5S/c1-20(19-37-38(34,35)36)23-7-8-24-27-25(10-12-29(23,24)3)28(2)11-9-22(17-21(28)18-26(27)33)32-16-6-15-31-14-5-4-13-30/h20-27,31-33H,4-19,30H2,1-3H3,(H,34,35,36)/t20-,21-,22+,23?,24+,25?,26?,27?,28+,29-/m1/s1. The molecule has 0 amide bonds. The summed E-state index contributed by atoms with van der Waals surface area (Å²) in [6, 6.07) is 0.558. The van der Waals surface area contributed by atoms with Crippen LogP contribution >= 0.6 is 0 Å². The average molecular weight is 558 g/mol. The highest BCUT2D eigenvalue weighted by atomic mass is 32.3. The molecular formula is C29H55N3O5S. The van der Waals surface area contributed by atoms with Crippen LogP contribution < -0.4 is 16.4 Å². The van der Waals surface area contributed by atoms with Gasteiger partial charge in [-0.3, -0.25) is 4.55 Å². The van der Waals surface area contributed by atoms with E-state index in [2.05, 4.69) is 31.4 Å². The lowest BCUT2D eigenvalue weighted by Gasteiger charge is -2.62. The first-order valence-corrected chi connectivity index (χ1v) is 16.8. The smallest absolute Gasteiger partial charge is 0.393 e. The van der Waals surface area contributed by atoms with Gasteiger partial charge in [-0.15, -0.1) is 0 Å². The second-order valence-electron chi connectivity index (χ2n) is 13.7. The number of aliphatic hydroxyl groups is 1. The Kier molecular flexibility index (Phi) is 10.2. The summed E-state index contributed by atoms with van der Waals surface area (Å²) in [5.41, 5.74) is 5.94. The number of nitrogens with one attached hydrogen (secondary N) is 2. The molecule has 0 spiro atoms. The van der Waals surface area contributed by atoms with Crippen LogP contribution in [0.15, 0.2) is 0 Å². The van der Waals surface area contributed by atoms with E-state index in [0.717, 1.165) is 77.5 Å². The fourth-order valence-electron chi connectivity index (χ4n) is 9.73. The third kappa shape index (κ3) is 6.60. The molecule has 222 valence electrons. The Labute approximate surface area is 231 Å². The Morgan fingerprint density at radius 3 is 2.42 bits per heavy atom. The van der Waals surface area contributed by atoms with Crippen molar-refractivity contribution in [1.29, 1.82) is 0 Å². The average Bonchev–Trinajstić information content (AvgIpc) is 3.21. The fourth-order valence-corrected chi connectivity index (χ4v) is 10.1. The Balaban J connectivity index is 1.32. The van der Waals surface area contributed by atoms with Crippen molar-refractivity contribution >= 4 is 10.4 Å². The van der Waals surface area contributed by atoms with E-state index >= 15 is 0 Å². The van der Waals surface area contributed by atoms with Gasteiger partial charge in [-0.05, 0) is 143 Å². The summed E-state index contributed by atoms with van der Waals surface area (Å²) in [5, 5.41) is 18.9. The summed E-state index contributed by atoms with van der Waals surface area (Å²) in [7, 11) is -4.42. The number of unbranched alkanes of at least 4 members (excludes halogenated alkanes) is 1. The highest BCUT2D eigenvalue weighted by Crippen LogP contribution is 2.68. The topological polar surface area (TPSA) is 134 Å². The molecular weight excluding hydrogens is 502 g/mol. The van der Waals surface area contributed by atoms with Crippen molar-refractivity contribution < 1.29 is 22.3 Å². The van der Waals surface area contributed by atoms with Crippen LogP contribution in [0, 0.1) is 46.3 Å². The van der Waals surface area contributed by atoms with E-state index in [1.807, 2.05) is 0 Å². The normalized spacial score (nSPS) is 41.8. The highest BCUT2D eigenvalue weighted by molar-refractivity contribution is 7.80. The molecule has 0 bridgehead atoms. The third-order valence-electron chi connectivity index (χ3n) is 11.7. The Morgan fingerprint density at radius 2 is 1.68 bits per heavy atom. The molecule has 0 radical (unpaired) electrons. The number of aliphatic hydroxyl groups excluding tert-OH is 1. The molecule has 4 rings (SSSR count). The van der Waals surface area contributed by atoms with Gasteiger partial charge in [-0.25, -0.2) is 4.18 Å². The number of hydrogen-bond donors (Lipinski definition) is 5. The molecule has 0 aromatic carbocycles. The van der Waals surface area contributed by atoms with Crippen LogP contribution in [0.25, 0.3) is 0 Å². The maximum atomic E-state index is 11.6. The van der Waals surface area contributed by atoms with Gasteiger partial charge in [0.1, 0.15) is 0 Å². The van der Waals surface area contributed by atoms with Crippen molar-refractivity contribution in [3.8, 4) is 0 Å². The molecule has 4 fully saturated rings. The monoisotopic (exact) mass is 557 g/mol. The Hall–Kier alpha value is -0.290. The van der Waals surface area contributed by atoms with Gasteiger partial charge >= 0.3 is 10.4 Å². The second-order valence-corrected chi connectivity index (χ2v) is 14.8. The molecule has 0 aliphatic heterocycles. The van der Waals surface area contributed by atoms with Crippen LogP contribution in [-0.2, 0) is 14.6 Å². The van der Waals surface area contributed by atoms with Gasteiger partial charge < -0.3 is 21.5 Å². The van der Waals surface area contributed by atoms with Crippen molar-refractivity contribution in [1.82, 2.24) is 10.6 Å². The van der Waals surface area contributed by atoms with E-state index in [1.165, 1.54) is 19.3 Å². The lowest BCUT2D eigenvalue weighted by Crippen LogP contribution is -2.59. The predicted octanol–water partition coefficient (Wildman–Crippen LogP) is 3.75. The summed E-state index contributed by atoms with van der Waals surface area (Å²) < 4.78 is 36.2. The largest absolute Gasteiger partial charge is 0.397 e. The SMILES string of the molecule is C[C@H](COS(=O)(=O)O)C1CC[C@H]2C3C(O)C[C@H]4C[C@@H](NCCCNCCCCN)CC[C@]4(C)C3CC[C@]12C. The molecule has 6 N–H and O–H groups in total. The van der Waals surface area contributed by atoms with Crippen LogP contribution in [0.2, 0.25) is 0 Å². The van der Waals surface area contributed by atoms with Gasteiger partial charge in [0.15, 0.2) is 0 Å². The fraction of sp³-hybridized carbons (Fsp3) is 1.00. The van der Waals surface area contributed by atoms with E-state index in [-0.39, 0.29) is 24.0 Å². The van der Waals surface area contributed by atoms with Gasteiger partial charge in [-0.2, -0.15) is 8.42 Å². The lowest BCUT2D eigenvalue weighted by molar-refractivity contribution is -0.167. The van der Waals surface area contributed by atoms with Crippen molar-refractivity contribution in [3.05, 3.63) is 0 Å². The first-order valence-electron chi connectivity index (χ1n) is 15.4. The number of fused-ring (bicyclic) bond motifs is 5. The minimum absolute atomic E-state index is 0.0288. The minimum atomic E-state index is -4.42. The van der Waals surface area contributed by atoms with Crippen LogP contribution in [-0.4, -0.2) is 63.0 Å². The quantitative estimate of drug-likeness (QED) is 0.171. The van der Waals surface area contributed by atoms with E-state index in [4.69, 9.17) is 14.5 Å². The molecule has 10 atom stereocenters. The van der Waals surface area contributed by atoms with Crippen LogP contribution in [0.1, 0.15) is 91.4 Å². The van der Waals surface area contributed by atoms with Gasteiger partial charge in [0.2, 0.25) is 0 Å². The predicted molar refractivity (Wildman–Crippen MR) is 151 cm³/mol. The Bertz CT molecular complexity index is 874. The summed E-state index contributed by atoms with van der Waals surface area (Å²) in [6.45, 7) is 10.9. The first kappa shape index (κ1) is 30.7. The molecule has 4 unspecified atom stereocenters. The number of nitrogens with two attached hydrogens (primary N) is 1. The maximum absolute atomic E-state index is 11.6. The zero-order valence-corrected chi connectivity index (χ0v) is 24.9. The van der Waals surface area contributed by atoms with Gasteiger partial charge in [-0.1, -0.05) is 20.8 Å².